The summed E-state index contributed by atoms with van der Waals surface area (Å²) in [6, 6.07) is 1.38. The topological polar surface area (TPSA) is 83.0 Å². The molecule has 2 N–H and O–H groups in total. The first-order valence-electron chi connectivity index (χ1n) is 5.55. The lowest BCUT2D eigenvalue weighted by Gasteiger charge is -1.92. The molecular weight excluding hydrogens is 264 g/mol. The molecule has 0 saturated heterocycles. The third-order valence-electron chi connectivity index (χ3n) is 2.68. The Bertz CT molecular complexity index is 648. The zero-order valence-corrected chi connectivity index (χ0v) is 11.2. The van der Waals surface area contributed by atoms with Gasteiger partial charge in [0, 0.05) is 22.2 Å². The third-order valence-corrected chi connectivity index (χ3v) is 3.60. The summed E-state index contributed by atoms with van der Waals surface area (Å²) in [7, 11) is 0. The van der Waals surface area contributed by atoms with Gasteiger partial charge < -0.3 is 5.11 Å². The van der Waals surface area contributed by atoms with E-state index in [1.807, 2.05) is 13.8 Å². The highest BCUT2D eigenvalue weighted by atomic mass is 32.1. The number of H-pyrrole nitrogens is 1. The van der Waals surface area contributed by atoms with Gasteiger partial charge in [0.2, 0.25) is 0 Å². The smallest absolute Gasteiger partial charge is 0.345 e. The molecule has 0 unspecified atom stereocenters. The monoisotopic (exact) mass is 276 g/mol. The highest BCUT2D eigenvalue weighted by Gasteiger charge is 2.11. The fourth-order valence-corrected chi connectivity index (χ4v) is 2.37. The lowest BCUT2D eigenvalue weighted by Crippen LogP contribution is -1.94. The van der Waals surface area contributed by atoms with Crippen molar-refractivity contribution in [3.05, 3.63) is 44.9 Å². The van der Waals surface area contributed by atoms with E-state index in [0.717, 1.165) is 28.3 Å². The molecule has 98 valence electrons. The van der Waals surface area contributed by atoms with Crippen LogP contribution in [-0.2, 0) is 0 Å². The van der Waals surface area contributed by atoms with Gasteiger partial charge in [-0.25, -0.2) is 4.79 Å². The standard InChI is InChI=1S/C13H12N2O3S/c1-7-10(8(2)15-14-7)3-4-11(16)9-5-12(13(17)18)19-6-9/h3-6H,1-2H3,(H,14,15)(H,17,18)/b4-3+. The van der Waals surface area contributed by atoms with Gasteiger partial charge in [-0.15, -0.1) is 11.3 Å². The molecule has 19 heavy (non-hydrogen) atoms. The van der Waals surface area contributed by atoms with E-state index >= 15 is 0 Å². The summed E-state index contributed by atoms with van der Waals surface area (Å²) < 4.78 is 0. The number of carbonyl (C=O) groups excluding carboxylic acids is 1. The Hall–Kier alpha value is -2.21. The molecular formula is C13H12N2O3S. The molecule has 0 bridgehead atoms. The molecule has 0 aliphatic rings. The van der Waals surface area contributed by atoms with Gasteiger partial charge in [-0.2, -0.15) is 5.10 Å². The normalized spacial score (nSPS) is 11.1. The number of hydrogen-bond acceptors (Lipinski definition) is 4. The van der Waals surface area contributed by atoms with E-state index < -0.39 is 5.97 Å². The van der Waals surface area contributed by atoms with Crippen molar-refractivity contribution in [2.75, 3.05) is 0 Å². The number of carboxylic acids is 1. The van der Waals surface area contributed by atoms with E-state index in [9.17, 15) is 9.59 Å². The Morgan fingerprint density at radius 1 is 1.42 bits per heavy atom. The van der Waals surface area contributed by atoms with Crippen LogP contribution in [0.25, 0.3) is 6.08 Å². The van der Waals surface area contributed by atoms with E-state index in [0.29, 0.717) is 5.56 Å². The molecule has 2 rings (SSSR count). The zero-order valence-electron chi connectivity index (χ0n) is 10.4. The largest absolute Gasteiger partial charge is 0.477 e. The molecule has 2 aromatic heterocycles. The summed E-state index contributed by atoms with van der Waals surface area (Å²) in [6.45, 7) is 3.72. The number of aromatic amines is 1. The lowest BCUT2D eigenvalue weighted by molar-refractivity contribution is 0.0702. The maximum Gasteiger partial charge on any atom is 0.345 e. The van der Waals surface area contributed by atoms with Gasteiger partial charge in [0.1, 0.15) is 4.88 Å². The fraction of sp³-hybridized carbons (Fsp3) is 0.154. The highest BCUT2D eigenvalue weighted by molar-refractivity contribution is 7.12. The summed E-state index contributed by atoms with van der Waals surface area (Å²) in [4.78, 5) is 22.8. The molecule has 0 saturated carbocycles. The third kappa shape index (κ3) is 2.79. The fourth-order valence-electron chi connectivity index (χ4n) is 1.64. The highest BCUT2D eigenvalue weighted by Crippen LogP contribution is 2.17. The number of aryl methyl sites for hydroxylation is 2. The van der Waals surface area contributed by atoms with Crippen LogP contribution in [0, 0.1) is 13.8 Å². The molecule has 5 nitrogen and oxygen atoms in total. The first kappa shape index (κ1) is 13.2. The predicted molar refractivity (Wildman–Crippen MR) is 72.7 cm³/mol. The minimum absolute atomic E-state index is 0.160. The maximum absolute atomic E-state index is 11.9. The summed E-state index contributed by atoms with van der Waals surface area (Å²) in [5, 5.41) is 17.2. The Morgan fingerprint density at radius 3 is 2.68 bits per heavy atom. The van der Waals surface area contributed by atoms with Crippen molar-refractivity contribution in [2.24, 2.45) is 0 Å². The minimum Gasteiger partial charge on any atom is -0.477 e. The van der Waals surface area contributed by atoms with Gasteiger partial charge in [0.05, 0.1) is 5.69 Å². The SMILES string of the molecule is Cc1n[nH]c(C)c1/C=C/C(=O)c1csc(C(=O)O)c1. The van der Waals surface area contributed by atoms with Gasteiger partial charge in [-0.1, -0.05) is 0 Å². The quantitative estimate of drug-likeness (QED) is 0.664. The average Bonchev–Trinajstić information content (AvgIpc) is 2.95. The number of thiophene rings is 1. The molecule has 0 amide bonds. The maximum atomic E-state index is 11.9. The Labute approximate surface area is 113 Å². The van der Waals surface area contributed by atoms with Crippen molar-refractivity contribution in [3.63, 3.8) is 0 Å². The van der Waals surface area contributed by atoms with Crippen LogP contribution in [0.5, 0.6) is 0 Å². The molecule has 2 heterocycles. The molecule has 0 aliphatic carbocycles. The van der Waals surface area contributed by atoms with E-state index in [1.54, 1.807) is 11.5 Å². The number of aromatic nitrogens is 2. The van der Waals surface area contributed by atoms with Gasteiger partial charge >= 0.3 is 5.97 Å². The number of carbonyl (C=O) groups is 2. The molecule has 2 aromatic rings. The van der Waals surface area contributed by atoms with Crippen LogP contribution in [0.2, 0.25) is 0 Å². The summed E-state index contributed by atoms with van der Waals surface area (Å²) in [6.07, 6.45) is 3.12. The second kappa shape index (κ2) is 5.19. The van der Waals surface area contributed by atoms with E-state index in [1.165, 1.54) is 12.1 Å². The summed E-state index contributed by atoms with van der Waals surface area (Å²) >= 11 is 1.04. The van der Waals surface area contributed by atoms with Crippen molar-refractivity contribution in [1.82, 2.24) is 10.2 Å². The van der Waals surface area contributed by atoms with Crippen molar-refractivity contribution in [1.29, 1.82) is 0 Å². The Morgan fingerprint density at radius 2 is 2.16 bits per heavy atom. The second-order valence-corrected chi connectivity index (χ2v) is 4.96. The first-order chi connectivity index (χ1) is 8.99. The van der Waals surface area contributed by atoms with Crippen molar-refractivity contribution in [3.8, 4) is 0 Å². The number of nitrogens with one attached hydrogen (secondary N) is 1. The van der Waals surface area contributed by atoms with Gasteiger partial charge in [0.15, 0.2) is 5.78 Å². The summed E-state index contributed by atoms with van der Waals surface area (Å²) in [5.74, 6) is -1.24. The van der Waals surface area contributed by atoms with Crippen LogP contribution in [0.15, 0.2) is 17.5 Å². The van der Waals surface area contributed by atoms with Crippen LogP contribution in [0.1, 0.15) is 37.0 Å². The van der Waals surface area contributed by atoms with Crippen molar-refractivity contribution in [2.45, 2.75) is 13.8 Å². The number of ketones is 1. The van der Waals surface area contributed by atoms with Crippen LogP contribution in [0.4, 0.5) is 0 Å². The molecule has 0 aliphatic heterocycles. The molecule has 0 aromatic carbocycles. The first-order valence-corrected chi connectivity index (χ1v) is 6.43. The van der Waals surface area contributed by atoms with Gasteiger partial charge in [-0.05, 0) is 32.1 Å². The Kier molecular flexibility index (Phi) is 3.62. The van der Waals surface area contributed by atoms with Gasteiger partial charge in [-0.3, -0.25) is 9.89 Å². The molecule has 0 atom stereocenters. The summed E-state index contributed by atoms with van der Waals surface area (Å²) in [5.41, 5.74) is 2.97. The Balaban J connectivity index is 2.19. The van der Waals surface area contributed by atoms with E-state index in [2.05, 4.69) is 10.2 Å². The predicted octanol–water partition coefficient (Wildman–Crippen LogP) is 2.68. The van der Waals surface area contributed by atoms with E-state index in [-0.39, 0.29) is 10.7 Å². The van der Waals surface area contributed by atoms with Gasteiger partial charge in [0.25, 0.3) is 0 Å². The van der Waals surface area contributed by atoms with Crippen LogP contribution in [-0.4, -0.2) is 27.1 Å². The van der Waals surface area contributed by atoms with Crippen LogP contribution in [0.3, 0.4) is 0 Å². The molecule has 0 fully saturated rings. The number of rotatable bonds is 4. The number of allylic oxidation sites excluding steroid dienone is 1. The molecule has 0 spiro atoms. The molecule has 0 radical (unpaired) electrons. The lowest BCUT2D eigenvalue weighted by atomic mass is 10.1. The van der Waals surface area contributed by atoms with Crippen LogP contribution >= 0.6 is 11.3 Å². The second-order valence-electron chi connectivity index (χ2n) is 4.05. The average molecular weight is 276 g/mol. The van der Waals surface area contributed by atoms with Crippen molar-refractivity contribution < 1.29 is 14.7 Å². The number of aromatic carboxylic acids is 1. The number of hydrogen-bond donors (Lipinski definition) is 2. The number of nitrogens with zero attached hydrogens (tertiary/aromatic N) is 1. The van der Waals surface area contributed by atoms with Crippen LogP contribution < -0.4 is 0 Å². The zero-order chi connectivity index (χ0) is 14.0. The van der Waals surface area contributed by atoms with E-state index in [4.69, 9.17) is 5.11 Å². The minimum atomic E-state index is -1.02. The van der Waals surface area contributed by atoms with Crippen molar-refractivity contribution >= 4 is 29.2 Å². The number of carboxylic acid groups (broad SMARTS) is 1. The molecule has 6 heteroatoms.